The van der Waals surface area contributed by atoms with E-state index in [1.807, 2.05) is 0 Å². The second-order valence-corrected chi connectivity index (χ2v) is 3.09. The van der Waals surface area contributed by atoms with E-state index >= 15 is 0 Å². The van der Waals surface area contributed by atoms with E-state index in [9.17, 15) is 17.6 Å². The molecule has 1 aromatic carbocycles. The van der Waals surface area contributed by atoms with Crippen LogP contribution in [-0.4, -0.2) is 19.9 Å². The third kappa shape index (κ3) is 1.76. The number of nitrogens with zero attached hydrogens (tertiary/aromatic N) is 3. The molecule has 0 bridgehead atoms. The Balaban J connectivity index is 2.75. The van der Waals surface area contributed by atoms with Crippen LogP contribution in [0.15, 0.2) is 12.4 Å². The average Bonchev–Trinajstić information content (AvgIpc) is 2.75. The summed E-state index contributed by atoms with van der Waals surface area (Å²) in [6.45, 7) is -0.684. The average molecular weight is 247 g/mol. The standard InChI is InChI=1S/C9H5F4N3O/c10-4-1-5(11)8(13)9(7(4)12)16-3-14-15-6(16)2-17/h1,3,17H,2H2. The fraction of sp³-hybridized carbons (Fsp3) is 0.111. The van der Waals surface area contributed by atoms with Gasteiger partial charge in [-0.3, -0.25) is 4.57 Å². The van der Waals surface area contributed by atoms with Gasteiger partial charge in [0, 0.05) is 6.07 Å². The summed E-state index contributed by atoms with van der Waals surface area (Å²) in [6.07, 6.45) is 0.839. The zero-order chi connectivity index (χ0) is 12.6. The van der Waals surface area contributed by atoms with E-state index in [2.05, 4.69) is 10.2 Å². The maximum Gasteiger partial charge on any atom is 0.186 e. The molecule has 0 saturated carbocycles. The molecule has 0 unspecified atom stereocenters. The number of aromatic nitrogens is 3. The normalized spacial score (nSPS) is 10.9. The highest BCUT2D eigenvalue weighted by Crippen LogP contribution is 2.23. The summed E-state index contributed by atoms with van der Waals surface area (Å²) < 4.78 is 53.3. The van der Waals surface area contributed by atoms with E-state index in [4.69, 9.17) is 5.11 Å². The van der Waals surface area contributed by atoms with Gasteiger partial charge in [0.05, 0.1) is 0 Å². The van der Waals surface area contributed by atoms with E-state index in [0.717, 1.165) is 6.33 Å². The first-order valence-electron chi connectivity index (χ1n) is 4.39. The topological polar surface area (TPSA) is 50.9 Å². The van der Waals surface area contributed by atoms with Crippen LogP contribution in [0.2, 0.25) is 0 Å². The SMILES string of the molecule is OCc1nncn1-c1c(F)c(F)cc(F)c1F. The van der Waals surface area contributed by atoms with Crippen LogP contribution in [-0.2, 0) is 6.61 Å². The van der Waals surface area contributed by atoms with E-state index in [1.165, 1.54) is 0 Å². The Morgan fingerprint density at radius 3 is 2.24 bits per heavy atom. The number of halogens is 4. The summed E-state index contributed by atoms with van der Waals surface area (Å²) in [7, 11) is 0. The summed E-state index contributed by atoms with van der Waals surface area (Å²) >= 11 is 0. The third-order valence-electron chi connectivity index (χ3n) is 2.09. The van der Waals surface area contributed by atoms with Gasteiger partial charge in [-0.1, -0.05) is 0 Å². The van der Waals surface area contributed by atoms with Crippen LogP contribution in [0.1, 0.15) is 5.82 Å². The van der Waals surface area contributed by atoms with Crippen LogP contribution in [0.5, 0.6) is 0 Å². The first-order valence-corrected chi connectivity index (χ1v) is 4.39. The Labute approximate surface area is 92.1 Å². The molecule has 1 N–H and O–H groups in total. The van der Waals surface area contributed by atoms with Crippen molar-refractivity contribution in [2.24, 2.45) is 0 Å². The Bertz CT molecular complexity index is 543. The molecule has 0 aliphatic heterocycles. The van der Waals surface area contributed by atoms with E-state index in [1.54, 1.807) is 0 Å². The van der Waals surface area contributed by atoms with Gasteiger partial charge in [-0.25, -0.2) is 17.6 Å². The highest BCUT2D eigenvalue weighted by atomic mass is 19.2. The molecular weight excluding hydrogens is 242 g/mol. The van der Waals surface area contributed by atoms with Crippen molar-refractivity contribution >= 4 is 0 Å². The monoisotopic (exact) mass is 247 g/mol. The van der Waals surface area contributed by atoms with Crippen LogP contribution in [0.3, 0.4) is 0 Å². The molecule has 0 aliphatic rings. The molecule has 2 aromatic rings. The lowest BCUT2D eigenvalue weighted by Gasteiger charge is -2.08. The second-order valence-electron chi connectivity index (χ2n) is 3.09. The van der Waals surface area contributed by atoms with Crippen molar-refractivity contribution in [3.05, 3.63) is 41.5 Å². The number of aliphatic hydroxyl groups excluding tert-OH is 1. The fourth-order valence-electron chi connectivity index (χ4n) is 1.33. The molecule has 0 saturated heterocycles. The van der Waals surface area contributed by atoms with Crippen molar-refractivity contribution in [3.63, 3.8) is 0 Å². The van der Waals surface area contributed by atoms with Gasteiger partial charge in [0.25, 0.3) is 0 Å². The van der Waals surface area contributed by atoms with E-state index in [-0.39, 0.29) is 11.9 Å². The molecule has 90 valence electrons. The maximum absolute atomic E-state index is 13.4. The number of hydrogen-bond donors (Lipinski definition) is 1. The molecule has 0 spiro atoms. The minimum Gasteiger partial charge on any atom is -0.388 e. The van der Waals surface area contributed by atoms with Gasteiger partial charge in [-0.05, 0) is 0 Å². The minimum atomic E-state index is -1.58. The first-order chi connectivity index (χ1) is 8.06. The Morgan fingerprint density at radius 1 is 1.12 bits per heavy atom. The summed E-state index contributed by atoms with van der Waals surface area (Å²) in [4.78, 5) is 0. The predicted octanol–water partition coefficient (Wildman–Crippen LogP) is 1.32. The molecule has 17 heavy (non-hydrogen) atoms. The first kappa shape index (κ1) is 11.5. The highest BCUT2D eigenvalue weighted by Gasteiger charge is 2.22. The van der Waals surface area contributed by atoms with Crippen LogP contribution in [0.25, 0.3) is 5.69 Å². The molecule has 0 aliphatic carbocycles. The largest absolute Gasteiger partial charge is 0.388 e. The van der Waals surface area contributed by atoms with Gasteiger partial charge in [0.2, 0.25) is 0 Å². The Morgan fingerprint density at radius 2 is 1.71 bits per heavy atom. The third-order valence-corrected chi connectivity index (χ3v) is 2.09. The Hall–Kier alpha value is -1.96. The summed E-state index contributed by atoms with van der Waals surface area (Å²) in [5, 5.41) is 15.5. The van der Waals surface area contributed by atoms with Gasteiger partial charge in [0.15, 0.2) is 29.1 Å². The molecule has 2 rings (SSSR count). The number of hydrogen-bond acceptors (Lipinski definition) is 3. The zero-order valence-electron chi connectivity index (χ0n) is 8.16. The molecule has 0 radical (unpaired) electrons. The van der Waals surface area contributed by atoms with Gasteiger partial charge in [0.1, 0.15) is 18.6 Å². The van der Waals surface area contributed by atoms with E-state index in [0.29, 0.717) is 4.57 Å². The summed E-state index contributed by atoms with van der Waals surface area (Å²) in [5.41, 5.74) is -1.00. The molecule has 8 heteroatoms. The molecule has 1 heterocycles. The number of aliphatic hydroxyl groups is 1. The zero-order valence-corrected chi connectivity index (χ0v) is 8.16. The molecular formula is C9H5F4N3O. The lowest BCUT2D eigenvalue weighted by atomic mass is 10.2. The smallest absolute Gasteiger partial charge is 0.186 e. The number of benzene rings is 1. The van der Waals surface area contributed by atoms with Crippen LogP contribution >= 0.6 is 0 Å². The van der Waals surface area contributed by atoms with Gasteiger partial charge in [-0.15, -0.1) is 10.2 Å². The van der Waals surface area contributed by atoms with Crippen LogP contribution < -0.4 is 0 Å². The van der Waals surface area contributed by atoms with Crippen molar-refractivity contribution in [1.82, 2.24) is 14.8 Å². The van der Waals surface area contributed by atoms with Gasteiger partial charge >= 0.3 is 0 Å². The van der Waals surface area contributed by atoms with Gasteiger partial charge in [-0.2, -0.15) is 0 Å². The minimum absolute atomic E-state index is 0.0944. The van der Waals surface area contributed by atoms with Crippen molar-refractivity contribution in [1.29, 1.82) is 0 Å². The van der Waals surface area contributed by atoms with Crippen molar-refractivity contribution in [2.45, 2.75) is 6.61 Å². The molecule has 0 fully saturated rings. The highest BCUT2D eigenvalue weighted by molar-refractivity contribution is 5.37. The lowest BCUT2D eigenvalue weighted by Crippen LogP contribution is -2.08. The molecule has 0 amide bonds. The summed E-state index contributed by atoms with van der Waals surface area (Å²) in [6, 6.07) is 0.0944. The van der Waals surface area contributed by atoms with E-state index < -0.39 is 35.6 Å². The predicted molar refractivity (Wildman–Crippen MR) is 47.1 cm³/mol. The number of rotatable bonds is 2. The molecule has 0 atom stereocenters. The van der Waals surface area contributed by atoms with Gasteiger partial charge < -0.3 is 5.11 Å². The van der Waals surface area contributed by atoms with Crippen molar-refractivity contribution in [3.8, 4) is 5.69 Å². The van der Waals surface area contributed by atoms with Crippen molar-refractivity contribution in [2.75, 3.05) is 0 Å². The van der Waals surface area contributed by atoms with Crippen LogP contribution in [0, 0.1) is 23.3 Å². The van der Waals surface area contributed by atoms with Crippen LogP contribution in [0.4, 0.5) is 17.6 Å². The quantitative estimate of drug-likeness (QED) is 0.643. The Kier molecular flexibility index (Phi) is 2.80. The summed E-state index contributed by atoms with van der Waals surface area (Å²) in [5.74, 6) is -6.50. The van der Waals surface area contributed by atoms with Crippen molar-refractivity contribution < 1.29 is 22.7 Å². The molecule has 4 nitrogen and oxygen atoms in total. The lowest BCUT2D eigenvalue weighted by molar-refractivity contribution is 0.268. The fourth-order valence-corrected chi connectivity index (χ4v) is 1.33. The maximum atomic E-state index is 13.4. The molecule has 1 aromatic heterocycles. The second kappa shape index (κ2) is 4.13.